The van der Waals surface area contributed by atoms with Gasteiger partial charge in [0.25, 0.3) is 0 Å². The second-order valence-electron chi connectivity index (χ2n) is 11.0. The number of Topliss-reactive ketones (excluding diaryl/α,β-unsaturated/α-hetero) is 2. The van der Waals surface area contributed by atoms with Gasteiger partial charge in [0.2, 0.25) is 5.95 Å². The van der Waals surface area contributed by atoms with Crippen molar-refractivity contribution < 1.29 is 28.7 Å². The van der Waals surface area contributed by atoms with Crippen molar-refractivity contribution in [1.29, 1.82) is 0 Å². The minimum atomic E-state index is -1.22. The molecule has 1 aromatic heterocycles. The molecule has 1 aromatic carbocycles. The van der Waals surface area contributed by atoms with Gasteiger partial charge in [-0.25, -0.2) is 19.6 Å². The molecule has 0 unspecified atom stereocenters. The Bertz CT molecular complexity index is 1340. The van der Waals surface area contributed by atoms with E-state index >= 15 is 0 Å². The molecule has 0 atom stereocenters. The van der Waals surface area contributed by atoms with Crippen molar-refractivity contribution >= 4 is 41.3 Å². The van der Waals surface area contributed by atoms with Crippen LogP contribution in [-0.4, -0.2) is 72.0 Å². The fourth-order valence-corrected chi connectivity index (χ4v) is 4.95. The third kappa shape index (κ3) is 6.30. The lowest BCUT2D eigenvalue weighted by Gasteiger charge is -2.40. The highest BCUT2D eigenvalue weighted by Gasteiger charge is 2.45. The molecule has 40 heavy (non-hydrogen) atoms. The van der Waals surface area contributed by atoms with Crippen LogP contribution in [0.5, 0.6) is 0 Å². The summed E-state index contributed by atoms with van der Waals surface area (Å²) in [6.45, 7) is 6.02. The lowest BCUT2D eigenvalue weighted by atomic mass is 9.87. The molecule has 4 rings (SSSR count). The first-order valence-electron chi connectivity index (χ1n) is 13.2. The number of hydrogen-bond acceptors (Lipinski definition) is 10. The molecule has 0 saturated carbocycles. The van der Waals surface area contributed by atoms with Crippen LogP contribution in [0.1, 0.15) is 50.3 Å². The van der Waals surface area contributed by atoms with E-state index in [0.717, 1.165) is 16.8 Å². The van der Waals surface area contributed by atoms with Crippen LogP contribution in [0.15, 0.2) is 36.2 Å². The zero-order chi connectivity index (χ0) is 29.1. The van der Waals surface area contributed by atoms with Crippen molar-refractivity contribution in [3.8, 4) is 0 Å². The van der Waals surface area contributed by atoms with Crippen molar-refractivity contribution in [2.45, 2.75) is 57.6 Å². The fourth-order valence-electron chi connectivity index (χ4n) is 4.95. The zero-order valence-corrected chi connectivity index (χ0v) is 23.5. The van der Waals surface area contributed by atoms with E-state index in [0.29, 0.717) is 24.6 Å². The van der Waals surface area contributed by atoms with Crippen molar-refractivity contribution in [3.05, 3.63) is 52.9 Å². The van der Waals surface area contributed by atoms with Crippen LogP contribution < -0.4 is 15.5 Å². The summed E-state index contributed by atoms with van der Waals surface area (Å²) in [6, 6.07) is 5.68. The maximum Gasteiger partial charge on any atom is 0.408 e. The predicted molar refractivity (Wildman–Crippen MR) is 149 cm³/mol. The Morgan fingerprint density at radius 2 is 1.77 bits per heavy atom. The first-order valence-corrected chi connectivity index (χ1v) is 13.2. The van der Waals surface area contributed by atoms with Crippen LogP contribution in [0.2, 0.25) is 0 Å². The van der Waals surface area contributed by atoms with E-state index in [1.54, 1.807) is 46.3 Å². The number of carbonyl (C=O) groups is 4. The van der Waals surface area contributed by atoms with E-state index in [2.05, 4.69) is 20.6 Å². The monoisotopic (exact) mass is 549 g/mol. The number of alkyl carbamates (subject to hydrolysis) is 1. The van der Waals surface area contributed by atoms with E-state index < -0.39 is 23.2 Å². The number of fused-ring (bicyclic) bond motifs is 1. The van der Waals surface area contributed by atoms with Gasteiger partial charge in [0.15, 0.2) is 11.6 Å². The Morgan fingerprint density at radius 1 is 1.10 bits per heavy atom. The number of rotatable bonds is 7. The summed E-state index contributed by atoms with van der Waals surface area (Å²) >= 11 is 0. The third-order valence-corrected chi connectivity index (χ3v) is 6.99. The number of methoxy groups -OCH3 is 1. The highest BCUT2D eigenvalue weighted by molar-refractivity contribution is 6.25. The highest BCUT2D eigenvalue weighted by atomic mass is 16.6. The molecule has 1 aliphatic heterocycles. The molecular weight excluding hydrogens is 514 g/mol. The number of piperidine rings is 1. The Labute approximate surface area is 233 Å². The van der Waals surface area contributed by atoms with Crippen LogP contribution >= 0.6 is 0 Å². The van der Waals surface area contributed by atoms with Crippen LogP contribution in [0.25, 0.3) is 6.08 Å². The molecule has 1 saturated heterocycles. The Balaban J connectivity index is 1.40. The number of aromatic nitrogens is 2. The summed E-state index contributed by atoms with van der Waals surface area (Å²) in [7, 11) is 3.08. The number of nitrogens with one attached hydrogen (secondary N) is 2. The molecule has 11 nitrogen and oxygen atoms in total. The first-order chi connectivity index (χ1) is 18.9. The maximum absolute atomic E-state index is 13.0. The Morgan fingerprint density at radius 3 is 2.38 bits per heavy atom. The molecule has 0 radical (unpaired) electrons. The van der Waals surface area contributed by atoms with Crippen molar-refractivity contribution in [2.24, 2.45) is 0 Å². The maximum atomic E-state index is 13.0. The van der Waals surface area contributed by atoms with E-state index in [9.17, 15) is 19.2 Å². The molecule has 2 aliphatic rings. The van der Waals surface area contributed by atoms with Gasteiger partial charge in [-0.05, 0) is 62.4 Å². The molecule has 11 heteroatoms. The first kappa shape index (κ1) is 28.7. The molecule has 0 spiro atoms. The summed E-state index contributed by atoms with van der Waals surface area (Å²) in [6.07, 6.45) is 4.84. The van der Waals surface area contributed by atoms with Gasteiger partial charge >= 0.3 is 12.1 Å². The lowest BCUT2D eigenvalue weighted by molar-refractivity contribution is -0.149. The van der Waals surface area contributed by atoms with Crippen LogP contribution in [0.4, 0.5) is 16.4 Å². The Kier molecular flexibility index (Phi) is 8.22. The smallest absolute Gasteiger partial charge is 0.408 e. The average Bonchev–Trinajstić information content (AvgIpc) is 2.91. The van der Waals surface area contributed by atoms with Gasteiger partial charge in [-0.3, -0.25) is 9.59 Å². The number of nitrogens with zero attached hydrogens (tertiary/aromatic N) is 3. The number of anilines is 2. The standard InChI is InChI=1S/C29H35N5O6/c1-28(2,3)40-27(38)33-29(25(37)39-5)9-11-34(12-10-29)26-31-16-18(17-32-26)13-23(35)21-14-19-7-6-8-22(30-4)20(19)15-24(21)36/h6-8,14,16-17,30H,9-13,15H2,1-5H3,(H,33,38). The van der Waals surface area contributed by atoms with Gasteiger partial charge in [0, 0.05) is 51.1 Å². The summed E-state index contributed by atoms with van der Waals surface area (Å²) < 4.78 is 10.3. The number of ketones is 2. The molecule has 2 heterocycles. The van der Waals surface area contributed by atoms with Gasteiger partial charge in [0.05, 0.1) is 12.7 Å². The zero-order valence-electron chi connectivity index (χ0n) is 23.5. The number of allylic oxidation sites excluding steroid dienone is 1. The van der Waals surface area contributed by atoms with E-state index in [4.69, 9.17) is 9.47 Å². The van der Waals surface area contributed by atoms with Crippen molar-refractivity contribution in [3.63, 3.8) is 0 Å². The topological polar surface area (TPSA) is 140 Å². The number of hydrogen-bond donors (Lipinski definition) is 2. The van der Waals surface area contributed by atoms with Gasteiger partial charge < -0.3 is 25.0 Å². The minimum absolute atomic E-state index is 0.00413. The normalized spacial score (nSPS) is 16.4. The SMILES string of the molecule is CNc1cccc2c1CC(=O)C(C(=O)Cc1cnc(N3CCC(NC(=O)OC(C)(C)C)(C(=O)OC)CC3)nc1)=C2. The molecule has 1 aliphatic carbocycles. The quantitative estimate of drug-likeness (QED) is 0.391. The van der Waals surface area contributed by atoms with Crippen LogP contribution in [0.3, 0.4) is 0 Å². The van der Waals surface area contributed by atoms with Gasteiger partial charge in [-0.1, -0.05) is 12.1 Å². The second-order valence-corrected chi connectivity index (χ2v) is 11.0. The molecule has 1 amide bonds. The predicted octanol–water partition coefficient (Wildman–Crippen LogP) is 2.88. The van der Waals surface area contributed by atoms with Crippen molar-refractivity contribution in [2.75, 3.05) is 37.5 Å². The molecule has 212 valence electrons. The molecule has 1 fully saturated rings. The van der Waals surface area contributed by atoms with Crippen molar-refractivity contribution in [1.82, 2.24) is 15.3 Å². The van der Waals surface area contributed by atoms with Gasteiger partial charge in [-0.15, -0.1) is 0 Å². The number of esters is 1. The molecular formula is C29H35N5O6. The molecule has 2 N–H and O–H groups in total. The number of amides is 1. The van der Waals surface area contributed by atoms with Crippen LogP contribution in [-0.2, 0) is 36.7 Å². The Hall–Kier alpha value is -4.28. The van der Waals surface area contributed by atoms with E-state index in [1.165, 1.54) is 7.11 Å². The van der Waals surface area contributed by atoms with E-state index in [-0.39, 0.29) is 42.8 Å². The number of benzene rings is 1. The summed E-state index contributed by atoms with van der Waals surface area (Å²) in [5.41, 5.74) is 1.46. The number of carbonyl (C=O) groups excluding carboxylic acids is 4. The average molecular weight is 550 g/mol. The van der Waals surface area contributed by atoms with E-state index in [1.807, 2.05) is 23.1 Å². The number of ether oxygens (including phenoxy) is 2. The van der Waals surface area contributed by atoms with Crippen LogP contribution in [0, 0.1) is 0 Å². The summed E-state index contributed by atoms with van der Waals surface area (Å²) in [5, 5.41) is 5.80. The minimum Gasteiger partial charge on any atom is -0.467 e. The van der Waals surface area contributed by atoms with Gasteiger partial charge in [0.1, 0.15) is 11.1 Å². The fraction of sp³-hybridized carbons (Fsp3) is 0.448. The second kappa shape index (κ2) is 11.4. The largest absolute Gasteiger partial charge is 0.467 e. The summed E-state index contributed by atoms with van der Waals surface area (Å²) in [4.78, 5) is 61.5. The van der Waals surface area contributed by atoms with Gasteiger partial charge in [-0.2, -0.15) is 0 Å². The lowest BCUT2D eigenvalue weighted by Crippen LogP contribution is -2.61. The molecule has 2 aromatic rings. The molecule has 0 bridgehead atoms. The highest BCUT2D eigenvalue weighted by Crippen LogP contribution is 2.29. The summed E-state index contributed by atoms with van der Waals surface area (Å²) in [5.74, 6) is -0.589. The third-order valence-electron chi connectivity index (χ3n) is 6.99.